The normalized spacial score (nSPS) is 0. The van der Waals surface area contributed by atoms with Gasteiger partial charge in [-0.3, -0.25) is 18.8 Å². The quantitative estimate of drug-likeness (QED) is 0.302. The summed E-state index contributed by atoms with van der Waals surface area (Å²) in [5.41, 5.74) is 0. The Morgan fingerprint density at radius 3 is 0.714 bits per heavy atom. The van der Waals surface area contributed by atoms with Gasteiger partial charge in [-0.15, -0.1) is 0 Å². The van der Waals surface area contributed by atoms with E-state index < -0.39 is 0 Å². The van der Waals surface area contributed by atoms with Crippen molar-refractivity contribution < 1.29 is 127 Å². The Kier molecular flexibility index (Phi) is 691. The van der Waals surface area contributed by atoms with E-state index in [-0.39, 0.29) is 127 Å². The van der Waals surface area contributed by atoms with E-state index in [2.05, 4.69) is 0 Å². The molecule has 7 heteroatoms. The zero-order valence-electron chi connectivity index (χ0n) is 4.28. The van der Waals surface area contributed by atoms with Crippen LogP contribution in [0.25, 0.3) is 0 Å². The summed E-state index contributed by atoms with van der Waals surface area (Å²) >= 11 is 0. The molecule has 0 heterocycles. The van der Waals surface area contributed by atoms with Crippen LogP contribution >= 0.6 is 0 Å². The average Bonchev–Trinajstić information content (AvgIpc) is 0. The summed E-state index contributed by atoms with van der Waals surface area (Å²) < 4.78 is 0. The molecule has 0 aromatic rings. The van der Waals surface area contributed by atoms with Gasteiger partial charge in [0.05, 0.1) is 0 Å². The third-order valence-electron chi connectivity index (χ3n) is 0. The van der Waals surface area contributed by atoms with Crippen molar-refractivity contribution in [3.8, 4) is 0 Å². The van der Waals surface area contributed by atoms with Crippen molar-refractivity contribution in [2.75, 3.05) is 0 Å². The van der Waals surface area contributed by atoms with Crippen LogP contribution in [0.3, 0.4) is 0 Å². The molecule has 0 aromatic heterocycles. The van der Waals surface area contributed by atoms with Gasteiger partial charge in [-0.2, -0.15) is 0 Å². The molecule has 0 rings (SSSR count). The minimum atomic E-state index is 0. The molecule has 0 saturated carbocycles. The van der Waals surface area contributed by atoms with Crippen molar-refractivity contribution in [2.45, 2.75) is 0 Å². The number of hydrogen-bond donors (Lipinski definition) is 0. The van der Waals surface area contributed by atoms with Crippen LogP contribution < -0.4 is 29.6 Å². The maximum Gasteiger partial charge on any atom is 1.00 e. The largest absolute Gasteiger partial charge is 1.00 e. The van der Waals surface area contributed by atoms with Crippen molar-refractivity contribution in [3.63, 3.8) is 0 Å². The first kappa shape index (κ1) is 82.0. The number of halogens is 4. The molecule has 0 aliphatic rings. The third kappa shape index (κ3) is 45.6. The second-order valence-electron chi connectivity index (χ2n) is 0. The van der Waals surface area contributed by atoms with E-state index in [1.165, 1.54) is 0 Å². The molecular weight excluding hydrogens is 423 g/mol. The average molecular weight is 429 g/mol. The Morgan fingerprint density at radius 1 is 0.714 bits per heavy atom. The van der Waals surface area contributed by atoms with E-state index in [9.17, 15) is 0 Å². The van der Waals surface area contributed by atoms with Gasteiger partial charge in [0.15, 0.2) is 0 Å². The molecule has 0 unspecified atom stereocenters. The fourth-order valence-corrected chi connectivity index (χ4v) is 0. The fraction of sp³-hybridized carbons (Fsp3) is 0. The fourth-order valence-electron chi connectivity index (χ4n) is 0. The van der Waals surface area contributed by atoms with Gasteiger partial charge in [0.25, 0.3) is 0 Å². The molecule has 54 valence electrons. The molecule has 0 aliphatic heterocycles. The minimum Gasteiger partial charge on any atom is -1.00 e. The Labute approximate surface area is 124 Å². The van der Waals surface area contributed by atoms with E-state index in [4.69, 9.17) is 0 Å². The van der Waals surface area contributed by atoms with Crippen LogP contribution in [0, 0.1) is 77.2 Å². The van der Waals surface area contributed by atoms with Gasteiger partial charge >= 0.3 is 29.6 Å². The smallest absolute Gasteiger partial charge is 1.00 e. The summed E-state index contributed by atoms with van der Waals surface area (Å²) in [5, 5.41) is 0. The van der Waals surface area contributed by atoms with Crippen molar-refractivity contribution >= 4 is 0 Å². The Morgan fingerprint density at radius 2 is 0.714 bits per heavy atom. The monoisotopic (exact) mass is 428 g/mol. The molecule has 0 amide bonds. The van der Waals surface area contributed by atoms with Crippen LogP contribution in [0.2, 0.25) is 0 Å². The van der Waals surface area contributed by atoms with E-state index in [1.54, 1.807) is 0 Å². The molecule has 0 spiro atoms. The van der Waals surface area contributed by atoms with Crippen LogP contribution in [0.1, 0.15) is 1.43 Å². The second-order valence-corrected chi connectivity index (χ2v) is 0. The van der Waals surface area contributed by atoms with E-state index in [1.807, 2.05) is 0 Å². The molecule has 0 atom stereocenters. The molecule has 0 fully saturated rings. The molecule has 0 aromatic carbocycles. The molecule has 0 N–H and O–H groups in total. The van der Waals surface area contributed by atoms with Gasteiger partial charge in [0.2, 0.25) is 0 Å². The van der Waals surface area contributed by atoms with E-state index in [0.717, 1.165) is 0 Å². The van der Waals surface area contributed by atoms with Crippen LogP contribution in [-0.2, 0) is 0 Å². The first-order valence-electron chi connectivity index (χ1n) is 0. The van der Waals surface area contributed by atoms with Crippen LogP contribution in [-0.4, -0.2) is 0 Å². The van der Waals surface area contributed by atoms with Gasteiger partial charge in [-0.05, 0) is 0 Å². The molecule has 0 nitrogen and oxygen atoms in total. The van der Waals surface area contributed by atoms with Crippen LogP contribution in [0.4, 0.5) is 18.8 Å². The minimum absolute atomic E-state index is 0. The summed E-state index contributed by atoms with van der Waals surface area (Å²) in [5.74, 6) is 0. The molecule has 0 bridgehead atoms. The predicted molar refractivity (Wildman–Crippen MR) is 11.1 cm³/mol. The van der Waals surface area contributed by atoms with Gasteiger partial charge in [-0.1, -0.05) is 0 Å². The van der Waals surface area contributed by atoms with Gasteiger partial charge in [-0.25, -0.2) is 0 Å². The Bertz CT molecular complexity index is 16.0. The maximum absolute atomic E-state index is 0. The van der Waals surface area contributed by atoms with Gasteiger partial charge in [0, 0.05) is 77.2 Å². The Balaban J connectivity index is 0. The number of hydrogen-bond acceptors (Lipinski definition) is 0. The molecule has 0 saturated heterocycles. The topological polar surface area (TPSA) is 0 Å². The standard InChI is InChI=1S/Er.4FH.Gd.Na.H/h;4*1H;;;/q;;;;;;+1;-1. The molecule has 0 aliphatic carbocycles. The van der Waals surface area contributed by atoms with Crippen LogP contribution in [0.5, 0.6) is 0 Å². The van der Waals surface area contributed by atoms with Crippen molar-refractivity contribution in [3.05, 3.63) is 0 Å². The van der Waals surface area contributed by atoms with E-state index >= 15 is 0 Å². The zero-order valence-corrected chi connectivity index (χ0v) is 9.40. The second kappa shape index (κ2) is 59.0. The molecule has 7 heavy (non-hydrogen) atoms. The Hall–Kier alpha value is 3.29. The molecular formula is H5ErF4GdNa. The van der Waals surface area contributed by atoms with Crippen LogP contribution in [0.15, 0.2) is 0 Å². The summed E-state index contributed by atoms with van der Waals surface area (Å²) in [7, 11) is 0. The SMILES string of the molecule is F.F.F.F.[Er].[Gd].[H-].[Na+]. The predicted octanol–water partition coefficient (Wildman–Crippen LogP) is -2.27. The first-order chi connectivity index (χ1) is 0. The van der Waals surface area contributed by atoms with Crippen molar-refractivity contribution in [1.29, 1.82) is 0 Å². The first-order valence-corrected chi connectivity index (χ1v) is 0. The summed E-state index contributed by atoms with van der Waals surface area (Å²) in [6.45, 7) is 0. The third-order valence-corrected chi connectivity index (χ3v) is 0. The maximum atomic E-state index is 0. The summed E-state index contributed by atoms with van der Waals surface area (Å²) in [6, 6.07) is 0. The summed E-state index contributed by atoms with van der Waals surface area (Å²) in [4.78, 5) is 0. The summed E-state index contributed by atoms with van der Waals surface area (Å²) in [6.07, 6.45) is 0. The molecule has 0 radical (unpaired) electrons. The number of rotatable bonds is 0. The van der Waals surface area contributed by atoms with Gasteiger partial charge < -0.3 is 1.43 Å². The van der Waals surface area contributed by atoms with Crippen molar-refractivity contribution in [1.82, 2.24) is 0 Å². The van der Waals surface area contributed by atoms with Gasteiger partial charge in [0.1, 0.15) is 0 Å². The van der Waals surface area contributed by atoms with Crippen molar-refractivity contribution in [2.24, 2.45) is 0 Å². The zero-order chi connectivity index (χ0) is 0. The van der Waals surface area contributed by atoms with E-state index in [0.29, 0.717) is 0 Å².